The van der Waals surface area contributed by atoms with Crippen molar-refractivity contribution in [1.29, 1.82) is 0 Å². The van der Waals surface area contributed by atoms with Gasteiger partial charge in [0.05, 0.1) is 11.1 Å². The maximum Gasteiger partial charge on any atom is 0.416 e. The number of carbonyl (C=O) groups excluding carboxylic acids is 1. The van der Waals surface area contributed by atoms with Crippen molar-refractivity contribution in [3.63, 3.8) is 0 Å². The van der Waals surface area contributed by atoms with E-state index in [1.165, 1.54) is 15.3 Å². The number of alkyl halides is 6. The lowest BCUT2D eigenvalue weighted by atomic mass is 9.98. The van der Waals surface area contributed by atoms with Crippen LogP contribution < -0.4 is 0 Å². The lowest BCUT2D eigenvalue weighted by molar-refractivity contribution is -0.143. The van der Waals surface area contributed by atoms with Crippen molar-refractivity contribution in [1.82, 2.24) is 14.7 Å². The number of amides is 1. The highest BCUT2D eigenvalue weighted by Crippen LogP contribution is 2.37. The number of piperazine rings is 1. The number of fused-ring (bicyclic) bond motifs is 1. The van der Waals surface area contributed by atoms with E-state index in [0.717, 1.165) is 26.1 Å². The molecule has 2 aromatic carbocycles. The van der Waals surface area contributed by atoms with Crippen LogP contribution in [0.4, 0.5) is 26.3 Å². The van der Waals surface area contributed by atoms with Crippen molar-refractivity contribution in [2.75, 3.05) is 39.3 Å². The van der Waals surface area contributed by atoms with Gasteiger partial charge in [-0.25, -0.2) is 0 Å². The van der Waals surface area contributed by atoms with Gasteiger partial charge in [-0.1, -0.05) is 12.1 Å². The van der Waals surface area contributed by atoms with Crippen molar-refractivity contribution in [3.05, 3.63) is 86.1 Å². The molecular weight excluding hydrogens is 651 g/mol. The molecule has 0 unspecified atom stereocenters. The summed E-state index contributed by atoms with van der Waals surface area (Å²) in [5.74, 6) is -0.808. The fourth-order valence-electron chi connectivity index (χ4n) is 5.64. The minimum Gasteiger partial charge on any atom is -0.508 e. The molecule has 14 heteroatoms. The van der Waals surface area contributed by atoms with Crippen LogP contribution in [0, 0.1) is 6.92 Å². The zero-order valence-corrected chi connectivity index (χ0v) is 26.2. The van der Waals surface area contributed by atoms with E-state index in [4.69, 9.17) is 0 Å². The summed E-state index contributed by atoms with van der Waals surface area (Å²) in [5, 5.41) is 12.3. The zero-order valence-electron chi connectivity index (χ0n) is 23.7. The molecule has 1 amide bonds. The quantitative estimate of drug-likeness (QED) is 0.283. The normalized spacial score (nSPS) is 17.9. The van der Waals surface area contributed by atoms with Crippen molar-refractivity contribution < 1.29 is 36.2 Å². The summed E-state index contributed by atoms with van der Waals surface area (Å²) in [4.78, 5) is 20.9. The predicted octanol–water partition coefficient (Wildman–Crippen LogP) is 7.07. The molecule has 0 saturated carbocycles. The Bertz CT molecular complexity index is 1420. The molecule has 0 bridgehead atoms. The second kappa shape index (κ2) is 14.3. The molecule has 0 spiro atoms. The van der Waals surface area contributed by atoms with E-state index < -0.39 is 41.0 Å². The van der Waals surface area contributed by atoms with E-state index in [2.05, 4.69) is 21.2 Å². The summed E-state index contributed by atoms with van der Waals surface area (Å²) < 4.78 is 81.0. The Hall–Kier alpha value is -2.51. The number of nitrogens with zero attached hydrogens (tertiary/aromatic N) is 3. The number of benzene rings is 2. The first-order chi connectivity index (χ1) is 19.8. The topological polar surface area (TPSA) is 47.0 Å². The molecule has 1 N–H and O–H groups in total. The predicted molar refractivity (Wildman–Crippen MR) is 162 cm³/mol. The van der Waals surface area contributed by atoms with Crippen molar-refractivity contribution in [2.24, 2.45) is 0 Å². The highest BCUT2D eigenvalue weighted by molar-refractivity contribution is 7.10. The van der Waals surface area contributed by atoms with Crippen LogP contribution in [0.5, 0.6) is 5.75 Å². The average Bonchev–Trinajstić information content (AvgIpc) is 3.40. The summed E-state index contributed by atoms with van der Waals surface area (Å²) in [6, 6.07) is 7.74. The van der Waals surface area contributed by atoms with E-state index in [-0.39, 0.29) is 49.6 Å². The smallest absolute Gasteiger partial charge is 0.416 e. The van der Waals surface area contributed by atoms with Gasteiger partial charge in [-0.2, -0.15) is 26.3 Å². The molecule has 1 atom stereocenters. The van der Waals surface area contributed by atoms with Crippen molar-refractivity contribution in [3.8, 4) is 5.75 Å². The van der Waals surface area contributed by atoms with Gasteiger partial charge in [0, 0.05) is 62.3 Å². The Kier molecular flexibility index (Phi) is 11.7. The van der Waals surface area contributed by atoms with Crippen LogP contribution in [-0.2, 0) is 31.7 Å². The lowest BCUT2D eigenvalue weighted by Gasteiger charge is -2.42. The highest BCUT2D eigenvalue weighted by Gasteiger charge is 2.39. The third-order valence-corrected chi connectivity index (χ3v) is 9.05. The molecule has 3 heterocycles. The molecule has 44 heavy (non-hydrogen) atoms. The van der Waals surface area contributed by atoms with Crippen LogP contribution in [0.25, 0.3) is 0 Å². The first-order valence-electron chi connectivity index (χ1n) is 13.7. The molecule has 1 fully saturated rings. The molecule has 0 radical (unpaired) electrons. The number of aryl methyl sites for hydroxylation is 1. The minimum absolute atomic E-state index is 0. The summed E-state index contributed by atoms with van der Waals surface area (Å²) in [6.07, 6.45) is -8.83. The van der Waals surface area contributed by atoms with Crippen LogP contribution in [0.15, 0.2) is 47.8 Å². The van der Waals surface area contributed by atoms with Gasteiger partial charge < -0.3 is 10.0 Å². The van der Waals surface area contributed by atoms with Gasteiger partial charge in [0.1, 0.15) is 5.75 Å². The van der Waals surface area contributed by atoms with Crippen LogP contribution >= 0.6 is 36.2 Å². The number of rotatable bonds is 6. The largest absolute Gasteiger partial charge is 0.508 e. The van der Waals surface area contributed by atoms with Gasteiger partial charge in [-0.3, -0.25) is 14.6 Å². The second-order valence-corrected chi connectivity index (χ2v) is 12.0. The Morgan fingerprint density at radius 3 is 2.20 bits per heavy atom. The third-order valence-electron chi connectivity index (χ3n) is 8.03. The van der Waals surface area contributed by atoms with Gasteiger partial charge in [-0.15, -0.1) is 36.2 Å². The van der Waals surface area contributed by atoms with E-state index in [1.807, 2.05) is 0 Å². The number of halogens is 8. The number of phenols is 1. The monoisotopic (exact) mass is 683 g/mol. The fourth-order valence-corrected chi connectivity index (χ4v) is 6.53. The van der Waals surface area contributed by atoms with Gasteiger partial charge in [0.15, 0.2) is 0 Å². The van der Waals surface area contributed by atoms with Crippen molar-refractivity contribution in [2.45, 2.75) is 44.7 Å². The molecule has 3 aromatic rings. The van der Waals surface area contributed by atoms with Crippen LogP contribution in [-0.4, -0.2) is 71.0 Å². The highest BCUT2D eigenvalue weighted by atomic mass is 35.5. The summed E-state index contributed by atoms with van der Waals surface area (Å²) in [6.45, 7) is 6.02. The van der Waals surface area contributed by atoms with Gasteiger partial charge in [-0.05, 0) is 72.2 Å². The fraction of sp³-hybridized carbons (Fsp3) is 0.433. The molecule has 5 rings (SSSR count). The number of phenolic OH excluding ortho intramolecular Hbond substituents is 1. The molecule has 1 saturated heterocycles. The van der Waals surface area contributed by atoms with Crippen LogP contribution in [0.1, 0.15) is 43.1 Å². The number of thiophene rings is 1. The van der Waals surface area contributed by atoms with E-state index in [9.17, 15) is 36.2 Å². The molecule has 2 aliphatic rings. The molecular formula is C30H33Cl2F6N3O2S. The number of carbonyl (C=O) groups is 1. The summed E-state index contributed by atoms with van der Waals surface area (Å²) in [5.41, 5.74) is -0.982. The molecule has 1 aromatic heterocycles. The first-order valence-corrected chi connectivity index (χ1v) is 14.5. The third kappa shape index (κ3) is 8.39. The Balaban J connectivity index is 0.00000264. The van der Waals surface area contributed by atoms with Gasteiger partial charge >= 0.3 is 12.4 Å². The average molecular weight is 685 g/mol. The minimum atomic E-state index is -5.05. The van der Waals surface area contributed by atoms with E-state index in [1.54, 1.807) is 36.5 Å². The van der Waals surface area contributed by atoms with Gasteiger partial charge in [0.25, 0.3) is 5.91 Å². The summed E-state index contributed by atoms with van der Waals surface area (Å²) in [7, 11) is 0. The van der Waals surface area contributed by atoms with Crippen molar-refractivity contribution >= 4 is 42.1 Å². The van der Waals surface area contributed by atoms with E-state index in [0.29, 0.717) is 42.9 Å². The van der Waals surface area contributed by atoms with Crippen LogP contribution in [0.3, 0.4) is 0 Å². The SMILES string of the molecule is Cc1ccc(C[C@@H]2CN(CCN3CCc4sccc4C3)CCN2C(=O)c2cc(C(F)(F)F)cc(C(F)(F)F)c2)cc1O.Cl.Cl. The molecule has 2 aliphatic heterocycles. The number of hydrogen-bond donors (Lipinski definition) is 1. The Morgan fingerprint density at radius 2 is 1.57 bits per heavy atom. The zero-order chi connectivity index (χ0) is 30.2. The molecule has 0 aliphatic carbocycles. The Labute approximate surface area is 268 Å². The molecule has 5 nitrogen and oxygen atoms in total. The molecule has 242 valence electrons. The second-order valence-electron chi connectivity index (χ2n) is 11.0. The number of aromatic hydroxyl groups is 1. The number of hydrogen-bond acceptors (Lipinski definition) is 5. The van der Waals surface area contributed by atoms with Crippen LogP contribution in [0.2, 0.25) is 0 Å². The van der Waals surface area contributed by atoms with Gasteiger partial charge in [0.2, 0.25) is 0 Å². The summed E-state index contributed by atoms with van der Waals surface area (Å²) >= 11 is 1.76. The Morgan fingerprint density at radius 1 is 0.909 bits per heavy atom. The maximum absolute atomic E-state index is 13.6. The first kappa shape index (κ1) is 36.0. The standard InChI is InChI=1S/C30H31F6N3O2S.2ClH/c1-19-2-3-20(13-26(19)40)12-25-18-38(8-7-37-6-4-27-21(17-37)5-11-42-27)9-10-39(25)28(41)22-14-23(29(31,32)33)16-24(15-22)30(34,35)36;;/h2-3,5,11,13-16,25,40H,4,6-10,12,17-18H2,1H3;2*1H/t25-;;/m1../s1. The maximum atomic E-state index is 13.6. The lowest BCUT2D eigenvalue weighted by Crippen LogP contribution is -2.57. The van der Waals surface area contributed by atoms with E-state index >= 15 is 0 Å².